The maximum absolute atomic E-state index is 10.8. The van der Waals surface area contributed by atoms with Crippen LogP contribution in [-0.2, 0) is 9.53 Å². The van der Waals surface area contributed by atoms with Crippen LogP contribution >= 0.6 is 11.8 Å². The van der Waals surface area contributed by atoms with Crippen LogP contribution in [0, 0.1) is 0 Å². The lowest BCUT2D eigenvalue weighted by atomic mass is 9.97. The molecule has 0 spiro atoms. The van der Waals surface area contributed by atoms with Gasteiger partial charge in [0.1, 0.15) is 5.54 Å². The highest BCUT2D eigenvalue weighted by molar-refractivity contribution is 7.99. The van der Waals surface area contributed by atoms with Crippen LogP contribution in [0.3, 0.4) is 0 Å². The molecule has 4 nitrogen and oxygen atoms in total. The molecule has 1 aliphatic rings. The molecule has 0 saturated carbocycles. The first kappa shape index (κ1) is 14.8. The molecule has 0 bridgehead atoms. The van der Waals surface area contributed by atoms with E-state index in [1.807, 2.05) is 11.8 Å². The SMILES string of the molecule is CC(N)(CCCCSCC1CCCO1)C(=O)O. The summed E-state index contributed by atoms with van der Waals surface area (Å²) in [6, 6.07) is 0. The van der Waals surface area contributed by atoms with E-state index >= 15 is 0 Å². The van der Waals surface area contributed by atoms with Gasteiger partial charge in [0.25, 0.3) is 0 Å². The van der Waals surface area contributed by atoms with Crippen molar-refractivity contribution in [1.82, 2.24) is 0 Å². The summed E-state index contributed by atoms with van der Waals surface area (Å²) in [5.41, 5.74) is 4.58. The van der Waals surface area contributed by atoms with Crippen molar-refractivity contribution in [3.8, 4) is 0 Å². The van der Waals surface area contributed by atoms with E-state index in [0.717, 1.165) is 31.0 Å². The van der Waals surface area contributed by atoms with Gasteiger partial charge in [-0.3, -0.25) is 4.79 Å². The Kier molecular flexibility index (Phi) is 6.30. The van der Waals surface area contributed by atoms with Gasteiger partial charge in [-0.1, -0.05) is 6.42 Å². The summed E-state index contributed by atoms with van der Waals surface area (Å²) in [7, 11) is 0. The number of unbranched alkanes of at least 4 members (excludes halogenated alkanes) is 1. The van der Waals surface area contributed by atoms with Crippen LogP contribution in [-0.4, -0.2) is 40.8 Å². The molecule has 1 rings (SSSR count). The fourth-order valence-electron chi connectivity index (χ4n) is 1.79. The number of thioether (sulfide) groups is 1. The second kappa shape index (κ2) is 7.24. The lowest BCUT2D eigenvalue weighted by Crippen LogP contribution is -2.44. The maximum atomic E-state index is 10.8. The summed E-state index contributed by atoms with van der Waals surface area (Å²) in [4.78, 5) is 10.8. The molecular weight excluding hydrogens is 238 g/mol. The molecule has 1 heterocycles. The van der Waals surface area contributed by atoms with Crippen LogP contribution in [0.25, 0.3) is 0 Å². The first-order valence-electron chi connectivity index (χ1n) is 6.24. The van der Waals surface area contributed by atoms with Crippen LogP contribution in [0.5, 0.6) is 0 Å². The molecule has 3 N–H and O–H groups in total. The highest BCUT2D eigenvalue weighted by atomic mass is 32.2. The molecule has 2 atom stereocenters. The zero-order valence-electron chi connectivity index (χ0n) is 10.5. The Morgan fingerprint density at radius 2 is 2.35 bits per heavy atom. The highest BCUT2D eigenvalue weighted by Crippen LogP contribution is 2.19. The van der Waals surface area contributed by atoms with Gasteiger partial charge in [0, 0.05) is 12.4 Å². The molecule has 1 fully saturated rings. The van der Waals surface area contributed by atoms with Crippen molar-refractivity contribution in [1.29, 1.82) is 0 Å². The summed E-state index contributed by atoms with van der Waals surface area (Å²) in [5, 5.41) is 8.84. The average molecular weight is 261 g/mol. The quantitative estimate of drug-likeness (QED) is 0.653. The van der Waals surface area contributed by atoms with Gasteiger partial charge in [-0.05, 0) is 38.4 Å². The third kappa shape index (κ3) is 5.75. The molecule has 0 amide bonds. The molecule has 1 saturated heterocycles. The van der Waals surface area contributed by atoms with Crippen LogP contribution in [0.15, 0.2) is 0 Å². The Labute approximate surface area is 107 Å². The molecule has 0 radical (unpaired) electrons. The zero-order valence-corrected chi connectivity index (χ0v) is 11.3. The fraction of sp³-hybridized carbons (Fsp3) is 0.917. The molecule has 100 valence electrons. The summed E-state index contributed by atoms with van der Waals surface area (Å²) in [5.74, 6) is 1.22. The van der Waals surface area contributed by atoms with Gasteiger partial charge < -0.3 is 15.6 Å². The Morgan fingerprint density at radius 1 is 1.59 bits per heavy atom. The Bertz CT molecular complexity index is 240. The van der Waals surface area contributed by atoms with E-state index in [2.05, 4.69) is 0 Å². The third-order valence-corrected chi connectivity index (χ3v) is 4.24. The predicted molar refractivity (Wildman–Crippen MR) is 70.4 cm³/mol. The highest BCUT2D eigenvalue weighted by Gasteiger charge is 2.26. The maximum Gasteiger partial charge on any atom is 0.323 e. The lowest BCUT2D eigenvalue weighted by Gasteiger charge is -2.18. The number of aliphatic carboxylic acids is 1. The molecular formula is C12H23NO3S. The first-order valence-corrected chi connectivity index (χ1v) is 7.39. The lowest BCUT2D eigenvalue weighted by molar-refractivity contribution is -0.142. The number of hydrogen-bond acceptors (Lipinski definition) is 4. The van der Waals surface area contributed by atoms with Crippen LogP contribution < -0.4 is 5.73 Å². The first-order chi connectivity index (χ1) is 8.02. The summed E-state index contributed by atoms with van der Waals surface area (Å²) < 4.78 is 5.53. The number of carbonyl (C=O) groups is 1. The average Bonchev–Trinajstić information content (AvgIpc) is 2.75. The molecule has 1 aliphatic heterocycles. The molecule has 0 aromatic rings. The van der Waals surface area contributed by atoms with E-state index in [1.54, 1.807) is 6.92 Å². The van der Waals surface area contributed by atoms with Gasteiger partial charge >= 0.3 is 5.97 Å². The van der Waals surface area contributed by atoms with Gasteiger partial charge in [-0.25, -0.2) is 0 Å². The largest absolute Gasteiger partial charge is 0.480 e. The second-order valence-corrected chi connectivity index (χ2v) is 6.04. The van der Waals surface area contributed by atoms with Crippen LogP contribution in [0.1, 0.15) is 39.0 Å². The van der Waals surface area contributed by atoms with Crippen LogP contribution in [0.4, 0.5) is 0 Å². The molecule has 0 aromatic heterocycles. The van der Waals surface area contributed by atoms with Gasteiger partial charge in [-0.15, -0.1) is 0 Å². The molecule has 5 heteroatoms. The minimum atomic E-state index is -1.07. The van der Waals surface area contributed by atoms with E-state index in [9.17, 15) is 4.79 Å². The van der Waals surface area contributed by atoms with Crippen molar-refractivity contribution >= 4 is 17.7 Å². The minimum absolute atomic E-state index is 0.443. The van der Waals surface area contributed by atoms with Crippen molar-refractivity contribution in [3.63, 3.8) is 0 Å². The van der Waals surface area contributed by atoms with E-state index < -0.39 is 11.5 Å². The van der Waals surface area contributed by atoms with Crippen LogP contribution in [0.2, 0.25) is 0 Å². The van der Waals surface area contributed by atoms with Gasteiger partial charge in [0.15, 0.2) is 0 Å². The number of carboxylic acids is 1. The summed E-state index contributed by atoms with van der Waals surface area (Å²) in [6.45, 7) is 2.49. The second-order valence-electron chi connectivity index (χ2n) is 4.89. The van der Waals surface area contributed by atoms with Gasteiger partial charge in [-0.2, -0.15) is 11.8 Å². The van der Waals surface area contributed by atoms with Crippen molar-refractivity contribution in [3.05, 3.63) is 0 Å². The smallest absolute Gasteiger partial charge is 0.323 e. The van der Waals surface area contributed by atoms with Crippen molar-refractivity contribution in [2.24, 2.45) is 5.73 Å². The standard InChI is InChI=1S/C12H23NO3S/c1-12(13,11(14)15)6-2-3-8-17-9-10-5-4-7-16-10/h10H,2-9,13H2,1H3,(H,14,15). The number of hydrogen-bond donors (Lipinski definition) is 2. The molecule has 17 heavy (non-hydrogen) atoms. The molecule has 0 aliphatic carbocycles. The normalized spacial score (nSPS) is 23.5. The van der Waals surface area contributed by atoms with E-state index in [1.165, 1.54) is 12.8 Å². The van der Waals surface area contributed by atoms with Gasteiger partial charge in [0.2, 0.25) is 0 Å². The minimum Gasteiger partial charge on any atom is -0.480 e. The zero-order chi connectivity index (χ0) is 12.7. The van der Waals surface area contributed by atoms with Gasteiger partial charge in [0.05, 0.1) is 6.10 Å². The number of ether oxygens (including phenoxy) is 1. The summed E-state index contributed by atoms with van der Waals surface area (Å²) in [6.07, 6.45) is 5.26. The molecule has 0 aromatic carbocycles. The van der Waals surface area contributed by atoms with Crippen molar-refractivity contribution in [2.75, 3.05) is 18.1 Å². The van der Waals surface area contributed by atoms with E-state index in [-0.39, 0.29) is 0 Å². The molecule has 2 unspecified atom stereocenters. The Hall–Kier alpha value is -0.260. The van der Waals surface area contributed by atoms with Crippen molar-refractivity contribution in [2.45, 2.75) is 50.7 Å². The van der Waals surface area contributed by atoms with Crippen molar-refractivity contribution < 1.29 is 14.6 Å². The fourth-order valence-corrected chi connectivity index (χ4v) is 2.89. The number of carboxylic acid groups (broad SMARTS) is 1. The Morgan fingerprint density at radius 3 is 2.94 bits per heavy atom. The number of rotatable bonds is 8. The predicted octanol–water partition coefficient (Wildman–Crippen LogP) is 1.87. The Balaban J connectivity index is 1.95. The third-order valence-electron chi connectivity index (χ3n) is 3.05. The monoisotopic (exact) mass is 261 g/mol. The van der Waals surface area contributed by atoms with E-state index in [4.69, 9.17) is 15.6 Å². The topological polar surface area (TPSA) is 72.5 Å². The van der Waals surface area contributed by atoms with E-state index in [0.29, 0.717) is 12.5 Å². The summed E-state index contributed by atoms with van der Waals surface area (Å²) >= 11 is 1.90. The number of nitrogens with two attached hydrogens (primary N) is 1.